The zero-order valence-electron chi connectivity index (χ0n) is 37.7. The van der Waals surface area contributed by atoms with Gasteiger partial charge >= 0.3 is 0 Å². The van der Waals surface area contributed by atoms with E-state index >= 15 is 0 Å². The molecular formula is C67H38N2O. The van der Waals surface area contributed by atoms with E-state index in [1.165, 1.54) is 88.0 Å². The summed E-state index contributed by atoms with van der Waals surface area (Å²) in [5.74, 6) is 0.708. The summed E-state index contributed by atoms with van der Waals surface area (Å²) in [5, 5.41) is 10.7. The maximum Gasteiger partial charge on any atom is 0.160 e. The van der Waals surface area contributed by atoms with Gasteiger partial charge in [0, 0.05) is 32.7 Å². The van der Waals surface area contributed by atoms with Crippen molar-refractivity contribution in [2.75, 3.05) is 0 Å². The topological polar surface area (TPSA) is 38.9 Å². The van der Waals surface area contributed by atoms with Crippen LogP contribution in [0.3, 0.4) is 0 Å². The quantitative estimate of drug-likeness (QED) is 0.165. The molecule has 3 nitrogen and oxygen atoms in total. The molecule has 70 heavy (non-hydrogen) atoms. The Bertz CT molecular complexity index is 4500. The number of benzene rings is 12. The van der Waals surface area contributed by atoms with Crippen molar-refractivity contribution in [2.45, 2.75) is 5.41 Å². The van der Waals surface area contributed by atoms with Crippen LogP contribution in [-0.4, -0.2) is 9.97 Å². The SMILES string of the molecule is c1ccc(-c2nc(-c3cccc(-c4ccc5c(c4)C4(c6ccccc6-c6ccccc64)c4cccc(-c6ccc7c(c6)c6cccc8oc9cccc7c9c86)c4-5)c3)nc3c2ccc2ccccc23)cc1. The van der Waals surface area contributed by atoms with E-state index in [1.54, 1.807) is 0 Å². The smallest absolute Gasteiger partial charge is 0.160 e. The lowest BCUT2D eigenvalue weighted by molar-refractivity contribution is 0.669. The molecule has 14 aromatic rings. The fourth-order valence-corrected chi connectivity index (χ4v) is 12.7. The average Bonchev–Trinajstić information content (AvgIpc) is 4.07. The first-order valence-electron chi connectivity index (χ1n) is 24.1. The van der Waals surface area contributed by atoms with Gasteiger partial charge in [0.1, 0.15) is 11.2 Å². The zero-order chi connectivity index (χ0) is 45.7. The van der Waals surface area contributed by atoms with Crippen molar-refractivity contribution in [3.8, 4) is 67.2 Å². The van der Waals surface area contributed by atoms with Crippen molar-refractivity contribution < 1.29 is 4.42 Å². The molecule has 3 heteroatoms. The Morgan fingerprint density at radius 1 is 0.314 bits per heavy atom. The number of aromatic nitrogens is 2. The number of hydrogen-bond acceptors (Lipinski definition) is 3. The fraction of sp³-hybridized carbons (Fsp3) is 0.0149. The molecule has 2 aliphatic rings. The maximum absolute atomic E-state index is 6.43. The Morgan fingerprint density at radius 3 is 1.73 bits per heavy atom. The summed E-state index contributed by atoms with van der Waals surface area (Å²) in [5.41, 5.74) is 20.4. The van der Waals surface area contributed by atoms with Crippen molar-refractivity contribution in [1.29, 1.82) is 0 Å². The molecule has 12 aromatic carbocycles. The molecule has 2 aromatic heterocycles. The molecule has 0 fully saturated rings. The molecule has 322 valence electrons. The highest BCUT2D eigenvalue weighted by Crippen LogP contribution is 2.64. The van der Waals surface area contributed by atoms with E-state index in [9.17, 15) is 0 Å². The van der Waals surface area contributed by atoms with Gasteiger partial charge < -0.3 is 4.42 Å². The Morgan fingerprint density at radius 2 is 0.914 bits per heavy atom. The van der Waals surface area contributed by atoms with E-state index in [0.29, 0.717) is 5.82 Å². The molecule has 0 aliphatic heterocycles. The minimum Gasteiger partial charge on any atom is -0.456 e. The van der Waals surface area contributed by atoms with Gasteiger partial charge in [-0.2, -0.15) is 0 Å². The van der Waals surface area contributed by atoms with Gasteiger partial charge in [-0.05, 0) is 130 Å². The van der Waals surface area contributed by atoms with Crippen LogP contribution in [0, 0.1) is 0 Å². The molecule has 2 aliphatic carbocycles. The van der Waals surface area contributed by atoms with Crippen LogP contribution in [0.5, 0.6) is 0 Å². The third-order valence-electron chi connectivity index (χ3n) is 15.6. The van der Waals surface area contributed by atoms with Crippen LogP contribution in [0.25, 0.3) is 132 Å². The van der Waals surface area contributed by atoms with Crippen LogP contribution in [0.1, 0.15) is 22.3 Å². The van der Waals surface area contributed by atoms with Crippen molar-refractivity contribution in [1.82, 2.24) is 9.97 Å². The summed E-state index contributed by atoms with van der Waals surface area (Å²) < 4.78 is 6.43. The summed E-state index contributed by atoms with van der Waals surface area (Å²) in [4.78, 5) is 10.7. The second-order valence-corrected chi connectivity index (χ2v) is 19.1. The van der Waals surface area contributed by atoms with Gasteiger partial charge in [0.2, 0.25) is 0 Å². The first-order chi connectivity index (χ1) is 34.7. The summed E-state index contributed by atoms with van der Waals surface area (Å²) in [6.07, 6.45) is 0. The monoisotopic (exact) mass is 886 g/mol. The predicted octanol–water partition coefficient (Wildman–Crippen LogP) is 17.4. The normalized spacial score (nSPS) is 13.3. The molecule has 16 rings (SSSR count). The highest BCUT2D eigenvalue weighted by molar-refractivity contribution is 6.33. The van der Waals surface area contributed by atoms with Crippen LogP contribution in [0.4, 0.5) is 0 Å². The molecule has 0 unspecified atom stereocenters. The third kappa shape index (κ3) is 4.97. The van der Waals surface area contributed by atoms with Crippen molar-refractivity contribution in [2.24, 2.45) is 0 Å². The van der Waals surface area contributed by atoms with Gasteiger partial charge in [0.15, 0.2) is 5.82 Å². The highest BCUT2D eigenvalue weighted by Gasteiger charge is 2.52. The van der Waals surface area contributed by atoms with Gasteiger partial charge in [-0.1, -0.05) is 194 Å². The minimum absolute atomic E-state index is 0.532. The van der Waals surface area contributed by atoms with E-state index in [4.69, 9.17) is 14.4 Å². The van der Waals surface area contributed by atoms with Gasteiger partial charge in [-0.15, -0.1) is 0 Å². The molecule has 1 spiro atoms. The van der Waals surface area contributed by atoms with Crippen molar-refractivity contribution in [3.63, 3.8) is 0 Å². The van der Waals surface area contributed by atoms with E-state index in [0.717, 1.165) is 60.8 Å². The number of furan rings is 1. The zero-order valence-corrected chi connectivity index (χ0v) is 37.7. The second-order valence-electron chi connectivity index (χ2n) is 19.1. The Labute approximate surface area is 402 Å². The van der Waals surface area contributed by atoms with E-state index in [1.807, 2.05) is 0 Å². The Hall–Kier alpha value is -9.18. The Balaban J connectivity index is 0.920. The molecule has 0 atom stereocenters. The average molecular weight is 887 g/mol. The van der Waals surface area contributed by atoms with Crippen molar-refractivity contribution >= 4 is 65.2 Å². The molecule has 0 saturated carbocycles. The first-order valence-corrected chi connectivity index (χ1v) is 24.1. The first kappa shape index (κ1) is 37.9. The molecule has 2 heterocycles. The standard InChI is InChI=1S/C67H38N2O/c1-2-15-40(16-3-1)64-53-35-30-39-14-4-5-19-46(39)65(53)69-66(68-64)44-18-10-17-41(36-44)42-31-34-52-58(38-42)67(55-25-8-6-20-48(55)49-21-7-9-26-56(49)67)57-27-11-22-45(61(52)57)43-32-33-47-50-23-12-28-59-62(50)63-51(54(47)37-43)24-13-29-60(63)70-59/h1-38H. The molecule has 0 amide bonds. The fourth-order valence-electron chi connectivity index (χ4n) is 12.7. The van der Waals surface area contributed by atoms with Gasteiger partial charge in [0.25, 0.3) is 0 Å². The molecule has 0 N–H and O–H groups in total. The molecule has 0 saturated heterocycles. The molecule has 0 bridgehead atoms. The van der Waals surface area contributed by atoms with Gasteiger partial charge in [-0.25, -0.2) is 9.97 Å². The van der Waals surface area contributed by atoms with Crippen LogP contribution in [0.2, 0.25) is 0 Å². The van der Waals surface area contributed by atoms with Crippen molar-refractivity contribution in [3.05, 3.63) is 253 Å². The van der Waals surface area contributed by atoms with E-state index in [-0.39, 0.29) is 0 Å². The summed E-state index contributed by atoms with van der Waals surface area (Å²) in [6.45, 7) is 0. The number of rotatable bonds is 4. The number of nitrogens with zero attached hydrogens (tertiary/aromatic N) is 2. The predicted molar refractivity (Wildman–Crippen MR) is 289 cm³/mol. The van der Waals surface area contributed by atoms with Crippen LogP contribution in [0.15, 0.2) is 235 Å². The Kier molecular flexibility index (Phi) is 7.54. The minimum atomic E-state index is -0.532. The lowest BCUT2D eigenvalue weighted by Gasteiger charge is -2.31. The third-order valence-corrected chi connectivity index (χ3v) is 15.6. The van der Waals surface area contributed by atoms with Gasteiger partial charge in [-0.3, -0.25) is 0 Å². The largest absolute Gasteiger partial charge is 0.456 e. The maximum atomic E-state index is 6.43. The second kappa shape index (κ2) is 13.9. The molecular weight excluding hydrogens is 849 g/mol. The summed E-state index contributed by atoms with van der Waals surface area (Å²) in [7, 11) is 0. The van der Waals surface area contributed by atoms with Crippen LogP contribution < -0.4 is 0 Å². The number of hydrogen-bond donors (Lipinski definition) is 0. The lowest BCUT2D eigenvalue weighted by Crippen LogP contribution is -2.25. The number of fused-ring (bicyclic) bond motifs is 16. The highest BCUT2D eigenvalue weighted by atomic mass is 16.3. The molecule has 0 radical (unpaired) electrons. The van der Waals surface area contributed by atoms with E-state index in [2.05, 4.69) is 231 Å². The lowest BCUT2D eigenvalue weighted by atomic mass is 9.70. The van der Waals surface area contributed by atoms with Crippen LogP contribution in [-0.2, 0) is 5.41 Å². The van der Waals surface area contributed by atoms with Gasteiger partial charge in [0.05, 0.1) is 16.6 Å². The summed E-state index contributed by atoms with van der Waals surface area (Å²) in [6, 6.07) is 84.5. The summed E-state index contributed by atoms with van der Waals surface area (Å²) >= 11 is 0. The van der Waals surface area contributed by atoms with Crippen LogP contribution >= 0.6 is 0 Å². The van der Waals surface area contributed by atoms with E-state index < -0.39 is 5.41 Å².